The highest BCUT2D eigenvalue weighted by molar-refractivity contribution is 5.87. The number of rotatable bonds is 3. The summed E-state index contributed by atoms with van der Waals surface area (Å²) in [5.74, 6) is 1.96. The molecule has 2 saturated heterocycles. The first kappa shape index (κ1) is 17.6. The lowest BCUT2D eigenvalue weighted by Gasteiger charge is -2.43. The Kier molecular flexibility index (Phi) is 4.27. The van der Waals surface area contributed by atoms with Crippen LogP contribution in [-0.2, 0) is 11.3 Å². The smallest absolute Gasteiger partial charge is 0.231 e. The van der Waals surface area contributed by atoms with Crippen LogP contribution in [0.2, 0.25) is 0 Å². The van der Waals surface area contributed by atoms with Crippen molar-refractivity contribution in [3.63, 3.8) is 0 Å². The third-order valence-electron chi connectivity index (χ3n) is 6.76. The minimum absolute atomic E-state index is 0.00295. The van der Waals surface area contributed by atoms with Crippen LogP contribution < -0.4 is 9.47 Å². The molecule has 1 spiro atoms. The average molecular weight is 378 g/mol. The molecule has 0 saturated carbocycles. The van der Waals surface area contributed by atoms with Crippen LogP contribution in [0.25, 0.3) is 0 Å². The van der Waals surface area contributed by atoms with Crippen molar-refractivity contribution in [2.75, 3.05) is 26.9 Å². The highest BCUT2D eigenvalue weighted by Crippen LogP contribution is 2.45. The largest absolute Gasteiger partial charge is 0.454 e. The Morgan fingerprint density at radius 2 is 1.79 bits per heavy atom. The van der Waals surface area contributed by atoms with Crippen LogP contribution in [0, 0.1) is 0 Å². The van der Waals surface area contributed by atoms with Crippen LogP contribution >= 0.6 is 0 Å². The number of fused-ring (bicyclic) bond motifs is 1. The predicted octanol–water partition coefficient (Wildman–Crippen LogP) is 3.40. The first-order valence-electron chi connectivity index (χ1n) is 10.1. The Morgan fingerprint density at radius 3 is 2.57 bits per heavy atom. The molecule has 1 atom stereocenters. The molecule has 3 heterocycles. The minimum atomic E-state index is 0.00295. The lowest BCUT2D eigenvalue weighted by molar-refractivity contribution is -0.131. The fourth-order valence-electron chi connectivity index (χ4n) is 4.98. The minimum Gasteiger partial charge on any atom is -0.454 e. The number of hydrogen-bond donors (Lipinski definition) is 0. The van der Waals surface area contributed by atoms with Gasteiger partial charge in [0.15, 0.2) is 11.5 Å². The van der Waals surface area contributed by atoms with Gasteiger partial charge in [0.2, 0.25) is 12.7 Å². The van der Waals surface area contributed by atoms with E-state index in [1.165, 1.54) is 5.56 Å². The van der Waals surface area contributed by atoms with Crippen LogP contribution in [0.15, 0.2) is 48.5 Å². The van der Waals surface area contributed by atoms with Crippen molar-refractivity contribution in [2.45, 2.75) is 37.3 Å². The number of nitrogens with zero attached hydrogens (tertiary/aromatic N) is 2. The Bertz CT molecular complexity index is 875. The molecule has 5 heteroatoms. The summed E-state index contributed by atoms with van der Waals surface area (Å²) in [5, 5.41) is 0. The average Bonchev–Trinajstić information content (AvgIpc) is 3.29. The van der Waals surface area contributed by atoms with Gasteiger partial charge in [0.25, 0.3) is 0 Å². The van der Waals surface area contributed by atoms with Gasteiger partial charge in [-0.3, -0.25) is 9.69 Å². The third-order valence-corrected chi connectivity index (χ3v) is 6.76. The molecule has 3 aliphatic heterocycles. The van der Waals surface area contributed by atoms with E-state index in [1.54, 1.807) is 0 Å². The molecule has 2 fully saturated rings. The van der Waals surface area contributed by atoms with Gasteiger partial charge in [-0.1, -0.05) is 36.4 Å². The number of likely N-dealkylation sites (tertiary alicyclic amines) is 2. The van der Waals surface area contributed by atoms with Gasteiger partial charge in [-0.25, -0.2) is 0 Å². The van der Waals surface area contributed by atoms with E-state index in [0.29, 0.717) is 6.79 Å². The van der Waals surface area contributed by atoms with Crippen molar-refractivity contribution in [3.8, 4) is 11.5 Å². The van der Waals surface area contributed by atoms with E-state index in [-0.39, 0.29) is 17.4 Å². The van der Waals surface area contributed by atoms with Crippen molar-refractivity contribution in [1.82, 2.24) is 9.80 Å². The molecule has 5 rings (SSSR count). The van der Waals surface area contributed by atoms with Gasteiger partial charge in [-0.05, 0) is 42.5 Å². The first-order valence-corrected chi connectivity index (χ1v) is 10.1. The molecule has 0 unspecified atom stereocenters. The lowest BCUT2D eigenvalue weighted by atomic mass is 9.81. The standard InChI is InChI=1S/C23H26N2O3/c1-24-22(26)19(18-5-3-2-4-6-18)14-23(24)9-11-25(12-10-23)15-17-7-8-20-21(13-17)28-16-27-20/h2-8,13,19H,9-12,14-16H2,1H3/t19-/m0/s1. The van der Waals surface area contributed by atoms with Gasteiger partial charge in [0, 0.05) is 32.2 Å². The molecule has 5 nitrogen and oxygen atoms in total. The number of benzene rings is 2. The van der Waals surface area contributed by atoms with E-state index >= 15 is 0 Å². The van der Waals surface area contributed by atoms with Crippen LogP contribution in [0.5, 0.6) is 11.5 Å². The Morgan fingerprint density at radius 1 is 1.04 bits per heavy atom. The topological polar surface area (TPSA) is 42.0 Å². The van der Waals surface area contributed by atoms with E-state index in [9.17, 15) is 4.79 Å². The van der Waals surface area contributed by atoms with Gasteiger partial charge < -0.3 is 14.4 Å². The van der Waals surface area contributed by atoms with E-state index in [4.69, 9.17) is 9.47 Å². The zero-order chi connectivity index (χ0) is 19.1. The molecule has 146 valence electrons. The van der Waals surface area contributed by atoms with Gasteiger partial charge >= 0.3 is 0 Å². The second-order valence-electron chi connectivity index (χ2n) is 8.25. The SMILES string of the molecule is CN1C(=O)[C@H](c2ccccc2)CC12CCN(Cc1ccc3c(c1)OCO3)CC2. The zero-order valence-corrected chi connectivity index (χ0v) is 16.3. The highest BCUT2D eigenvalue weighted by atomic mass is 16.7. The van der Waals surface area contributed by atoms with Crippen molar-refractivity contribution >= 4 is 5.91 Å². The zero-order valence-electron chi connectivity index (χ0n) is 16.3. The van der Waals surface area contributed by atoms with Crippen LogP contribution in [0.1, 0.15) is 36.3 Å². The summed E-state index contributed by atoms with van der Waals surface area (Å²) in [6.07, 6.45) is 3.00. The van der Waals surface area contributed by atoms with Crippen molar-refractivity contribution in [3.05, 3.63) is 59.7 Å². The number of piperidine rings is 1. The van der Waals surface area contributed by atoms with Crippen LogP contribution in [0.3, 0.4) is 0 Å². The summed E-state index contributed by atoms with van der Waals surface area (Å²) in [7, 11) is 2.00. The first-order chi connectivity index (χ1) is 13.6. The number of carbonyl (C=O) groups excluding carboxylic acids is 1. The van der Waals surface area contributed by atoms with E-state index in [1.807, 2.05) is 36.2 Å². The van der Waals surface area contributed by atoms with Crippen molar-refractivity contribution < 1.29 is 14.3 Å². The predicted molar refractivity (Wildman–Crippen MR) is 106 cm³/mol. The molecule has 1 amide bonds. The Labute approximate surface area is 165 Å². The summed E-state index contributed by atoms with van der Waals surface area (Å²) in [6, 6.07) is 16.4. The maximum Gasteiger partial charge on any atom is 0.231 e. The van der Waals surface area contributed by atoms with Gasteiger partial charge in [0.05, 0.1) is 5.92 Å². The van der Waals surface area contributed by atoms with Gasteiger partial charge in [0.1, 0.15) is 0 Å². The molecule has 0 aliphatic carbocycles. The van der Waals surface area contributed by atoms with Crippen molar-refractivity contribution in [2.24, 2.45) is 0 Å². The number of ether oxygens (including phenoxy) is 2. The summed E-state index contributed by atoms with van der Waals surface area (Å²) in [4.78, 5) is 17.5. The van der Waals surface area contributed by atoms with E-state index < -0.39 is 0 Å². The number of amides is 1. The Balaban J connectivity index is 1.25. The molecule has 28 heavy (non-hydrogen) atoms. The summed E-state index contributed by atoms with van der Waals surface area (Å²) >= 11 is 0. The van der Waals surface area contributed by atoms with E-state index in [0.717, 1.165) is 56.0 Å². The lowest BCUT2D eigenvalue weighted by Crippen LogP contribution is -2.51. The monoisotopic (exact) mass is 378 g/mol. The fourth-order valence-corrected chi connectivity index (χ4v) is 4.98. The molecule has 2 aromatic rings. The molecular formula is C23H26N2O3. The van der Waals surface area contributed by atoms with Crippen LogP contribution in [0.4, 0.5) is 0 Å². The van der Waals surface area contributed by atoms with E-state index in [2.05, 4.69) is 29.2 Å². The second kappa shape index (κ2) is 6.82. The summed E-state index contributed by atoms with van der Waals surface area (Å²) < 4.78 is 10.9. The van der Waals surface area contributed by atoms with Crippen molar-refractivity contribution in [1.29, 1.82) is 0 Å². The molecule has 0 bridgehead atoms. The maximum atomic E-state index is 12.9. The number of likely N-dealkylation sites (N-methyl/N-ethyl adjacent to an activating group) is 1. The number of carbonyl (C=O) groups is 1. The Hall–Kier alpha value is -2.53. The molecule has 3 aliphatic rings. The molecule has 0 N–H and O–H groups in total. The second-order valence-corrected chi connectivity index (χ2v) is 8.25. The summed E-state index contributed by atoms with van der Waals surface area (Å²) in [6.45, 7) is 3.24. The maximum absolute atomic E-state index is 12.9. The molecular weight excluding hydrogens is 352 g/mol. The fraction of sp³-hybridized carbons (Fsp3) is 0.435. The molecule has 2 aromatic carbocycles. The van der Waals surface area contributed by atoms with Gasteiger partial charge in [-0.2, -0.15) is 0 Å². The molecule has 0 radical (unpaired) electrons. The van der Waals surface area contributed by atoms with Crippen LogP contribution in [-0.4, -0.2) is 48.2 Å². The summed E-state index contributed by atoms with van der Waals surface area (Å²) in [5.41, 5.74) is 2.40. The number of hydrogen-bond acceptors (Lipinski definition) is 4. The quantitative estimate of drug-likeness (QED) is 0.821. The third kappa shape index (κ3) is 2.94. The normalized spacial score (nSPS) is 23.5. The van der Waals surface area contributed by atoms with Gasteiger partial charge in [-0.15, -0.1) is 0 Å². The molecule has 0 aromatic heterocycles. The highest BCUT2D eigenvalue weighted by Gasteiger charge is 2.50.